The minimum Gasteiger partial charge on any atom is -0.485 e. The summed E-state index contributed by atoms with van der Waals surface area (Å²) in [4.78, 5) is 0. The average molecular weight is 261 g/mol. The summed E-state index contributed by atoms with van der Waals surface area (Å²) in [7, 11) is 0. The molecule has 0 saturated heterocycles. The van der Waals surface area contributed by atoms with Gasteiger partial charge in [0, 0.05) is 24.1 Å². The summed E-state index contributed by atoms with van der Waals surface area (Å²) >= 11 is 0. The maximum Gasteiger partial charge on any atom is 0.127 e. The minimum atomic E-state index is -0.356. The van der Waals surface area contributed by atoms with E-state index in [9.17, 15) is 8.78 Å². The van der Waals surface area contributed by atoms with Crippen LogP contribution >= 0.6 is 0 Å². The fraction of sp³-hybridized carbons (Fsp3) is 0.200. The van der Waals surface area contributed by atoms with Crippen LogP contribution in [0.2, 0.25) is 0 Å². The van der Waals surface area contributed by atoms with Gasteiger partial charge in [-0.25, -0.2) is 8.78 Å². The average Bonchev–Trinajstić information content (AvgIpc) is 2.38. The molecule has 0 bridgehead atoms. The molecule has 2 atom stereocenters. The van der Waals surface area contributed by atoms with Crippen molar-refractivity contribution in [3.05, 3.63) is 65.2 Å². The quantitative estimate of drug-likeness (QED) is 0.852. The number of benzene rings is 2. The van der Waals surface area contributed by atoms with Crippen LogP contribution in [0.3, 0.4) is 0 Å². The predicted octanol–water partition coefficient (Wildman–Crippen LogP) is 3.49. The van der Waals surface area contributed by atoms with E-state index in [0.29, 0.717) is 12.2 Å². The van der Waals surface area contributed by atoms with Crippen LogP contribution in [0.25, 0.3) is 0 Å². The summed E-state index contributed by atoms with van der Waals surface area (Å²) in [5, 5.41) is 0. The number of fused-ring (bicyclic) bond motifs is 1. The molecule has 98 valence electrons. The van der Waals surface area contributed by atoms with Crippen molar-refractivity contribution in [3.8, 4) is 5.75 Å². The summed E-state index contributed by atoms with van der Waals surface area (Å²) in [6, 6.07) is 10.2. The lowest BCUT2D eigenvalue weighted by Gasteiger charge is -2.30. The van der Waals surface area contributed by atoms with Gasteiger partial charge in [-0.2, -0.15) is 0 Å². The number of hydrogen-bond donors (Lipinski definition) is 1. The van der Waals surface area contributed by atoms with E-state index >= 15 is 0 Å². The first kappa shape index (κ1) is 12.1. The van der Waals surface area contributed by atoms with Crippen molar-refractivity contribution in [2.24, 2.45) is 5.73 Å². The van der Waals surface area contributed by atoms with Gasteiger partial charge in [0.05, 0.1) is 0 Å². The lowest BCUT2D eigenvalue weighted by Crippen LogP contribution is -2.24. The van der Waals surface area contributed by atoms with Crippen LogP contribution in [0.5, 0.6) is 5.75 Å². The van der Waals surface area contributed by atoms with Gasteiger partial charge in [-0.1, -0.05) is 18.2 Å². The zero-order chi connectivity index (χ0) is 13.4. The molecule has 1 aliphatic rings. The van der Waals surface area contributed by atoms with Gasteiger partial charge in [-0.3, -0.25) is 0 Å². The van der Waals surface area contributed by atoms with Gasteiger partial charge in [0.25, 0.3) is 0 Å². The SMILES string of the molecule is N[C@@H]1CC(c2ccc(F)cc2)Oc2cc(F)ccc21. The van der Waals surface area contributed by atoms with Crippen LogP contribution < -0.4 is 10.5 Å². The fourth-order valence-corrected chi connectivity index (χ4v) is 2.36. The molecule has 0 fully saturated rings. The molecule has 4 heteroatoms. The number of halogens is 2. The highest BCUT2D eigenvalue weighted by Gasteiger charge is 2.27. The first-order valence-electron chi connectivity index (χ1n) is 6.10. The van der Waals surface area contributed by atoms with Crippen molar-refractivity contribution in [1.82, 2.24) is 0 Å². The maximum absolute atomic E-state index is 13.2. The molecule has 19 heavy (non-hydrogen) atoms. The van der Waals surface area contributed by atoms with Gasteiger partial charge in [-0.15, -0.1) is 0 Å². The molecule has 0 radical (unpaired) electrons. The minimum absolute atomic E-state index is 0.209. The highest BCUT2D eigenvalue weighted by atomic mass is 19.1. The van der Waals surface area contributed by atoms with Crippen molar-refractivity contribution >= 4 is 0 Å². The molecular weight excluding hydrogens is 248 g/mol. The van der Waals surface area contributed by atoms with E-state index in [2.05, 4.69) is 0 Å². The van der Waals surface area contributed by atoms with E-state index in [1.165, 1.54) is 24.3 Å². The Balaban J connectivity index is 1.93. The molecule has 2 aromatic rings. The van der Waals surface area contributed by atoms with Gasteiger partial charge in [-0.05, 0) is 23.8 Å². The van der Waals surface area contributed by atoms with E-state index in [0.717, 1.165) is 11.1 Å². The van der Waals surface area contributed by atoms with Gasteiger partial charge in [0.15, 0.2) is 0 Å². The van der Waals surface area contributed by atoms with E-state index in [-0.39, 0.29) is 23.8 Å². The van der Waals surface area contributed by atoms with Crippen LogP contribution in [0.15, 0.2) is 42.5 Å². The Labute approximate surface area is 109 Å². The largest absolute Gasteiger partial charge is 0.485 e. The van der Waals surface area contributed by atoms with Crippen molar-refractivity contribution in [1.29, 1.82) is 0 Å². The van der Waals surface area contributed by atoms with Crippen molar-refractivity contribution in [2.75, 3.05) is 0 Å². The van der Waals surface area contributed by atoms with E-state index in [1.54, 1.807) is 18.2 Å². The second kappa shape index (κ2) is 4.63. The van der Waals surface area contributed by atoms with Crippen LogP contribution in [-0.4, -0.2) is 0 Å². The maximum atomic E-state index is 13.2. The topological polar surface area (TPSA) is 35.2 Å². The summed E-state index contributed by atoms with van der Waals surface area (Å²) in [5.41, 5.74) is 7.72. The standard InChI is InChI=1S/C15H13F2NO/c16-10-3-1-9(2-4-10)14-8-13(18)12-6-5-11(17)7-15(12)19-14/h1-7,13-14H,8,18H2/t13-,14?/m1/s1. The molecule has 0 aliphatic carbocycles. The van der Waals surface area contributed by atoms with Gasteiger partial charge in [0.1, 0.15) is 23.5 Å². The number of rotatable bonds is 1. The molecule has 2 aromatic carbocycles. The Morgan fingerprint density at radius 3 is 2.42 bits per heavy atom. The molecule has 3 rings (SSSR count). The van der Waals surface area contributed by atoms with E-state index in [1.807, 2.05) is 0 Å². The third-order valence-electron chi connectivity index (χ3n) is 3.35. The zero-order valence-electron chi connectivity index (χ0n) is 10.1. The molecule has 2 nitrogen and oxygen atoms in total. The third kappa shape index (κ3) is 2.31. The van der Waals surface area contributed by atoms with Crippen LogP contribution in [0.4, 0.5) is 8.78 Å². The normalized spacial score (nSPS) is 21.6. The molecule has 1 heterocycles. The molecule has 0 spiro atoms. The monoisotopic (exact) mass is 261 g/mol. The fourth-order valence-electron chi connectivity index (χ4n) is 2.36. The summed E-state index contributed by atoms with van der Waals surface area (Å²) in [5.74, 6) is -0.186. The van der Waals surface area contributed by atoms with Gasteiger partial charge in [0.2, 0.25) is 0 Å². The molecule has 0 aromatic heterocycles. The molecule has 0 amide bonds. The number of ether oxygens (including phenoxy) is 1. The summed E-state index contributed by atoms with van der Waals surface area (Å²) < 4.78 is 31.9. The number of hydrogen-bond acceptors (Lipinski definition) is 2. The van der Waals surface area contributed by atoms with Crippen LogP contribution in [0.1, 0.15) is 29.7 Å². The second-order valence-electron chi connectivity index (χ2n) is 4.68. The Morgan fingerprint density at radius 1 is 1.00 bits per heavy atom. The predicted molar refractivity (Wildman–Crippen MR) is 67.7 cm³/mol. The third-order valence-corrected chi connectivity index (χ3v) is 3.35. The Hall–Kier alpha value is -1.94. The lowest BCUT2D eigenvalue weighted by atomic mass is 9.93. The van der Waals surface area contributed by atoms with Gasteiger partial charge >= 0.3 is 0 Å². The van der Waals surface area contributed by atoms with Crippen molar-refractivity contribution in [3.63, 3.8) is 0 Å². The molecule has 1 unspecified atom stereocenters. The highest BCUT2D eigenvalue weighted by Crippen LogP contribution is 2.39. The molecule has 0 saturated carbocycles. The van der Waals surface area contributed by atoms with Crippen molar-refractivity contribution in [2.45, 2.75) is 18.6 Å². The Bertz CT molecular complexity index is 598. The first-order valence-corrected chi connectivity index (χ1v) is 6.10. The van der Waals surface area contributed by atoms with E-state index in [4.69, 9.17) is 10.5 Å². The van der Waals surface area contributed by atoms with Crippen LogP contribution in [0, 0.1) is 11.6 Å². The lowest BCUT2D eigenvalue weighted by molar-refractivity contribution is 0.160. The summed E-state index contributed by atoms with van der Waals surface area (Å²) in [6.45, 7) is 0. The summed E-state index contributed by atoms with van der Waals surface area (Å²) in [6.07, 6.45) is 0.314. The Morgan fingerprint density at radius 2 is 1.68 bits per heavy atom. The van der Waals surface area contributed by atoms with Crippen LogP contribution in [-0.2, 0) is 0 Å². The van der Waals surface area contributed by atoms with Crippen molar-refractivity contribution < 1.29 is 13.5 Å². The number of nitrogens with two attached hydrogens (primary N) is 1. The first-order chi connectivity index (χ1) is 9.13. The Kier molecular flexibility index (Phi) is 2.95. The molecule has 2 N–H and O–H groups in total. The van der Waals surface area contributed by atoms with E-state index < -0.39 is 0 Å². The smallest absolute Gasteiger partial charge is 0.127 e. The molecule has 1 aliphatic heterocycles. The highest BCUT2D eigenvalue weighted by molar-refractivity contribution is 5.39. The second-order valence-corrected chi connectivity index (χ2v) is 4.68. The van der Waals surface area contributed by atoms with Gasteiger partial charge < -0.3 is 10.5 Å². The molecular formula is C15H13F2NO. The zero-order valence-corrected chi connectivity index (χ0v) is 10.1.